The van der Waals surface area contributed by atoms with E-state index in [2.05, 4.69) is 12.2 Å². The fraction of sp³-hybridized carbons (Fsp3) is 0.0833. The third kappa shape index (κ3) is 3.44. The van der Waals surface area contributed by atoms with Crippen LogP contribution in [0.3, 0.4) is 0 Å². The molecule has 1 aromatic heterocycles. The van der Waals surface area contributed by atoms with Gasteiger partial charge in [-0.15, -0.1) is 0 Å². The van der Waals surface area contributed by atoms with Crippen molar-refractivity contribution >= 4 is 22.5 Å². The molecule has 27 heavy (non-hydrogen) atoms. The molecule has 4 rings (SSSR count). The van der Waals surface area contributed by atoms with E-state index in [0.29, 0.717) is 5.56 Å². The maximum Gasteiger partial charge on any atom is 0.256 e. The zero-order valence-electron chi connectivity index (χ0n) is 15.1. The second kappa shape index (κ2) is 7.42. The van der Waals surface area contributed by atoms with Crippen molar-refractivity contribution in [1.82, 2.24) is 4.98 Å². The summed E-state index contributed by atoms with van der Waals surface area (Å²) in [6, 6.07) is 27.5. The van der Waals surface area contributed by atoms with Gasteiger partial charge in [0.25, 0.3) is 5.91 Å². The SMILES string of the molecule is CCc1ccccc1NC(=O)c1cc(-c2ccccc2)nc2ccccc12. The van der Waals surface area contributed by atoms with Gasteiger partial charge in [-0.25, -0.2) is 4.98 Å². The van der Waals surface area contributed by atoms with Crippen LogP contribution in [0, 0.1) is 0 Å². The molecule has 0 atom stereocenters. The van der Waals surface area contributed by atoms with E-state index in [0.717, 1.165) is 39.8 Å². The number of amides is 1. The Hall–Kier alpha value is -3.46. The Labute approximate surface area is 158 Å². The highest BCUT2D eigenvalue weighted by Gasteiger charge is 2.15. The molecule has 1 N–H and O–H groups in total. The number of hydrogen-bond donors (Lipinski definition) is 1. The predicted molar refractivity (Wildman–Crippen MR) is 111 cm³/mol. The van der Waals surface area contributed by atoms with Gasteiger partial charge >= 0.3 is 0 Å². The van der Waals surface area contributed by atoms with Crippen LogP contribution in [0.15, 0.2) is 84.9 Å². The van der Waals surface area contributed by atoms with E-state index >= 15 is 0 Å². The first-order valence-corrected chi connectivity index (χ1v) is 9.10. The molecule has 0 spiro atoms. The molecule has 0 saturated heterocycles. The number of pyridine rings is 1. The number of hydrogen-bond acceptors (Lipinski definition) is 2. The Bertz CT molecular complexity index is 1100. The van der Waals surface area contributed by atoms with Crippen LogP contribution in [0.5, 0.6) is 0 Å². The van der Waals surface area contributed by atoms with Crippen molar-refractivity contribution in [2.45, 2.75) is 13.3 Å². The van der Waals surface area contributed by atoms with Crippen LogP contribution < -0.4 is 5.32 Å². The Morgan fingerprint density at radius 2 is 1.59 bits per heavy atom. The first-order valence-electron chi connectivity index (χ1n) is 9.10. The number of nitrogens with one attached hydrogen (secondary N) is 1. The van der Waals surface area contributed by atoms with E-state index in [4.69, 9.17) is 4.98 Å². The summed E-state index contributed by atoms with van der Waals surface area (Å²) < 4.78 is 0. The minimum absolute atomic E-state index is 0.119. The van der Waals surface area contributed by atoms with Crippen molar-refractivity contribution in [3.05, 3.63) is 96.1 Å². The Morgan fingerprint density at radius 1 is 0.889 bits per heavy atom. The van der Waals surface area contributed by atoms with Crippen LogP contribution in [0.25, 0.3) is 22.2 Å². The van der Waals surface area contributed by atoms with Gasteiger partial charge in [0.15, 0.2) is 0 Å². The number of para-hydroxylation sites is 2. The summed E-state index contributed by atoms with van der Waals surface area (Å²) in [4.78, 5) is 17.9. The first-order chi connectivity index (χ1) is 13.3. The average Bonchev–Trinajstić information content (AvgIpc) is 2.74. The summed E-state index contributed by atoms with van der Waals surface area (Å²) in [6.07, 6.45) is 0.864. The monoisotopic (exact) mass is 352 g/mol. The third-order valence-corrected chi connectivity index (χ3v) is 4.68. The number of nitrogens with zero attached hydrogens (tertiary/aromatic N) is 1. The number of anilines is 1. The lowest BCUT2D eigenvalue weighted by Gasteiger charge is -2.12. The van der Waals surface area contributed by atoms with E-state index in [1.807, 2.05) is 84.9 Å². The Balaban J connectivity index is 1.81. The summed E-state index contributed by atoms with van der Waals surface area (Å²) in [7, 11) is 0. The lowest BCUT2D eigenvalue weighted by molar-refractivity contribution is 0.102. The van der Waals surface area contributed by atoms with Crippen LogP contribution in [-0.4, -0.2) is 10.9 Å². The average molecular weight is 352 g/mol. The van der Waals surface area contributed by atoms with Crippen molar-refractivity contribution in [2.75, 3.05) is 5.32 Å². The number of rotatable bonds is 4. The molecule has 4 aromatic rings. The summed E-state index contributed by atoms with van der Waals surface area (Å²) in [6.45, 7) is 2.08. The minimum Gasteiger partial charge on any atom is -0.322 e. The van der Waals surface area contributed by atoms with Gasteiger partial charge in [-0.3, -0.25) is 4.79 Å². The Morgan fingerprint density at radius 3 is 2.41 bits per heavy atom. The van der Waals surface area contributed by atoms with Crippen LogP contribution in [0.2, 0.25) is 0 Å². The molecule has 0 radical (unpaired) electrons. The largest absolute Gasteiger partial charge is 0.322 e. The van der Waals surface area contributed by atoms with Gasteiger partial charge in [0.2, 0.25) is 0 Å². The van der Waals surface area contributed by atoms with Crippen LogP contribution in [0.1, 0.15) is 22.8 Å². The quantitative estimate of drug-likeness (QED) is 0.510. The number of carbonyl (C=O) groups excluding carboxylic acids is 1. The van der Waals surface area contributed by atoms with Crippen LogP contribution >= 0.6 is 0 Å². The van der Waals surface area contributed by atoms with E-state index in [1.54, 1.807) is 0 Å². The summed E-state index contributed by atoms with van der Waals surface area (Å²) in [5, 5.41) is 3.93. The molecular formula is C24H20N2O. The van der Waals surface area contributed by atoms with Crippen molar-refractivity contribution in [3.8, 4) is 11.3 Å². The molecule has 3 heteroatoms. The topological polar surface area (TPSA) is 42.0 Å². The van der Waals surface area contributed by atoms with Gasteiger partial charge in [-0.1, -0.05) is 73.7 Å². The lowest BCUT2D eigenvalue weighted by atomic mass is 10.0. The highest BCUT2D eigenvalue weighted by molar-refractivity contribution is 6.13. The van der Waals surface area contributed by atoms with Crippen molar-refractivity contribution in [3.63, 3.8) is 0 Å². The molecule has 0 fully saturated rings. The van der Waals surface area contributed by atoms with Gasteiger partial charge in [0.05, 0.1) is 16.8 Å². The lowest BCUT2D eigenvalue weighted by Crippen LogP contribution is -2.14. The molecule has 0 unspecified atom stereocenters. The van der Waals surface area contributed by atoms with E-state index in [9.17, 15) is 4.79 Å². The normalized spacial score (nSPS) is 10.7. The van der Waals surface area contributed by atoms with Gasteiger partial charge in [0.1, 0.15) is 0 Å². The van der Waals surface area contributed by atoms with Crippen LogP contribution in [0.4, 0.5) is 5.69 Å². The van der Waals surface area contributed by atoms with Gasteiger partial charge in [-0.2, -0.15) is 0 Å². The fourth-order valence-electron chi connectivity index (χ4n) is 3.26. The molecule has 1 amide bonds. The molecule has 0 bridgehead atoms. The maximum absolute atomic E-state index is 13.1. The van der Waals surface area contributed by atoms with E-state index < -0.39 is 0 Å². The summed E-state index contributed by atoms with van der Waals surface area (Å²) >= 11 is 0. The Kier molecular flexibility index (Phi) is 4.67. The second-order valence-electron chi connectivity index (χ2n) is 6.40. The summed E-state index contributed by atoms with van der Waals surface area (Å²) in [5.41, 5.74) is 5.20. The number of aryl methyl sites for hydroxylation is 1. The van der Waals surface area contributed by atoms with Crippen molar-refractivity contribution in [2.24, 2.45) is 0 Å². The van der Waals surface area contributed by atoms with Gasteiger partial charge < -0.3 is 5.32 Å². The zero-order valence-corrected chi connectivity index (χ0v) is 15.1. The zero-order chi connectivity index (χ0) is 18.6. The standard InChI is InChI=1S/C24H20N2O/c1-2-17-10-6-8-14-21(17)26-24(27)20-16-23(18-11-4-3-5-12-18)25-22-15-9-7-13-19(20)22/h3-16H,2H2,1H3,(H,26,27). The maximum atomic E-state index is 13.1. The van der Waals surface area contributed by atoms with Crippen molar-refractivity contribution < 1.29 is 4.79 Å². The van der Waals surface area contributed by atoms with Crippen molar-refractivity contribution in [1.29, 1.82) is 0 Å². The molecule has 0 aliphatic rings. The number of carbonyl (C=O) groups is 1. The molecule has 3 nitrogen and oxygen atoms in total. The minimum atomic E-state index is -0.119. The number of aromatic nitrogens is 1. The number of fused-ring (bicyclic) bond motifs is 1. The molecule has 0 aliphatic carbocycles. The van der Waals surface area contributed by atoms with E-state index in [-0.39, 0.29) is 5.91 Å². The predicted octanol–water partition coefficient (Wildman–Crippen LogP) is 5.72. The molecule has 1 heterocycles. The fourth-order valence-corrected chi connectivity index (χ4v) is 3.26. The van der Waals surface area contributed by atoms with Gasteiger partial charge in [-0.05, 0) is 30.2 Å². The van der Waals surface area contributed by atoms with Gasteiger partial charge in [0, 0.05) is 16.6 Å². The molecule has 0 saturated carbocycles. The first kappa shape index (κ1) is 17.0. The number of benzene rings is 3. The highest BCUT2D eigenvalue weighted by atomic mass is 16.1. The van der Waals surface area contributed by atoms with Crippen LogP contribution in [-0.2, 0) is 6.42 Å². The summed E-state index contributed by atoms with van der Waals surface area (Å²) in [5.74, 6) is -0.119. The molecule has 132 valence electrons. The smallest absolute Gasteiger partial charge is 0.256 e. The van der Waals surface area contributed by atoms with E-state index in [1.165, 1.54) is 0 Å². The molecule has 3 aromatic carbocycles. The third-order valence-electron chi connectivity index (χ3n) is 4.68. The second-order valence-corrected chi connectivity index (χ2v) is 6.40. The molecule has 0 aliphatic heterocycles. The highest BCUT2D eigenvalue weighted by Crippen LogP contribution is 2.26. The molecular weight excluding hydrogens is 332 g/mol.